The van der Waals surface area contributed by atoms with Gasteiger partial charge in [0.25, 0.3) is 0 Å². The number of hydrogen-bond donors (Lipinski definition) is 2. The zero-order valence-corrected chi connectivity index (χ0v) is 11.9. The van der Waals surface area contributed by atoms with Crippen LogP contribution in [0.15, 0.2) is 0 Å². The minimum absolute atomic E-state index is 0.249. The molecule has 0 spiro atoms. The lowest BCUT2D eigenvalue weighted by Gasteiger charge is -2.41. The Morgan fingerprint density at radius 3 is 2.78 bits per heavy atom. The Bertz CT molecular complexity index is 312. The second-order valence-electron chi connectivity index (χ2n) is 4.77. The Kier molecular flexibility index (Phi) is 5.78. The van der Waals surface area contributed by atoms with Crippen molar-refractivity contribution in [3.63, 3.8) is 0 Å². The first-order chi connectivity index (χ1) is 8.52. The first-order valence-electron chi connectivity index (χ1n) is 6.30. The van der Waals surface area contributed by atoms with Crippen molar-refractivity contribution in [2.75, 3.05) is 25.1 Å². The topological polar surface area (TPSA) is 69.6 Å². The van der Waals surface area contributed by atoms with E-state index in [4.69, 9.17) is 0 Å². The highest BCUT2D eigenvalue weighted by molar-refractivity contribution is 7.98. The molecule has 0 saturated carbocycles. The molecular formula is C12H22N2O3S. The predicted molar refractivity (Wildman–Crippen MR) is 73.0 cm³/mol. The molecule has 0 aromatic carbocycles. The second kappa shape index (κ2) is 6.87. The molecule has 1 rings (SSSR count). The van der Waals surface area contributed by atoms with Gasteiger partial charge in [-0.15, -0.1) is 0 Å². The summed E-state index contributed by atoms with van der Waals surface area (Å²) >= 11 is 1.73. The number of carboxylic acid groups (broad SMARTS) is 1. The SMILES string of the molecule is CSCCCNC(=O)N1CCCCC1(C)C(=O)O. The Hall–Kier alpha value is -0.910. The maximum absolute atomic E-state index is 12.0. The monoisotopic (exact) mass is 274 g/mol. The minimum atomic E-state index is -1.05. The number of aliphatic carboxylic acids is 1. The van der Waals surface area contributed by atoms with E-state index in [0.717, 1.165) is 25.0 Å². The highest BCUT2D eigenvalue weighted by Gasteiger charge is 2.43. The summed E-state index contributed by atoms with van der Waals surface area (Å²) in [5.74, 6) is 0.0812. The number of piperidine rings is 1. The number of urea groups is 1. The average Bonchev–Trinajstić information content (AvgIpc) is 2.34. The third-order valence-electron chi connectivity index (χ3n) is 3.40. The number of thioether (sulfide) groups is 1. The normalized spacial score (nSPS) is 23.8. The molecule has 1 aliphatic heterocycles. The van der Waals surface area contributed by atoms with Crippen molar-refractivity contribution in [3.8, 4) is 0 Å². The molecule has 6 heteroatoms. The van der Waals surface area contributed by atoms with Crippen LogP contribution in [0.5, 0.6) is 0 Å². The first-order valence-corrected chi connectivity index (χ1v) is 7.69. The van der Waals surface area contributed by atoms with E-state index in [2.05, 4.69) is 5.32 Å². The first kappa shape index (κ1) is 15.1. The smallest absolute Gasteiger partial charge is 0.329 e. The van der Waals surface area contributed by atoms with Gasteiger partial charge in [-0.1, -0.05) is 0 Å². The van der Waals surface area contributed by atoms with Crippen LogP contribution >= 0.6 is 11.8 Å². The molecule has 1 unspecified atom stereocenters. The molecule has 0 aliphatic carbocycles. The molecule has 1 saturated heterocycles. The summed E-state index contributed by atoms with van der Waals surface area (Å²) in [5.41, 5.74) is -1.05. The van der Waals surface area contributed by atoms with E-state index >= 15 is 0 Å². The summed E-state index contributed by atoms with van der Waals surface area (Å²) in [6, 6.07) is -0.249. The van der Waals surface area contributed by atoms with Gasteiger partial charge in [0.2, 0.25) is 0 Å². The Morgan fingerprint density at radius 2 is 2.17 bits per heavy atom. The molecule has 2 amide bonds. The second-order valence-corrected chi connectivity index (χ2v) is 5.75. The van der Waals surface area contributed by atoms with Gasteiger partial charge in [-0.3, -0.25) is 0 Å². The molecule has 0 aromatic heterocycles. The zero-order chi connectivity index (χ0) is 13.6. The molecule has 2 N–H and O–H groups in total. The molecular weight excluding hydrogens is 252 g/mol. The van der Waals surface area contributed by atoms with Gasteiger partial charge >= 0.3 is 12.0 Å². The predicted octanol–water partition coefficient (Wildman–Crippen LogP) is 1.78. The molecule has 0 aromatic rings. The van der Waals surface area contributed by atoms with Crippen LogP contribution in [0.2, 0.25) is 0 Å². The van der Waals surface area contributed by atoms with E-state index in [1.165, 1.54) is 4.90 Å². The van der Waals surface area contributed by atoms with E-state index in [0.29, 0.717) is 19.5 Å². The van der Waals surface area contributed by atoms with Crippen LogP contribution in [-0.2, 0) is 4.79 Å². The molecule has 5 nitrogen and oxygen atoms in total. The molecule has 1 aliphatic rings. The fraction of sp³-hybridized carbons (Fsp3) is 0.833. The summed E-state index contributed by atoms with van der Waals surface area (Å²) in [6.45, 7) is 2.76. The van der Waals surface area contributed by atoms with Gasteiger partial charge in [0.15, 0.2) is 0 Å². The van der Waals surface area contributed by atoms with E-state index in [1.54, 1.807) is 18.7 Å². The largest absolute Gasteiger partial charge is 0.480 e. The third-order valence-corrected chi connectivity index (χ3v) is 4.10. The van der Waals surface area contributed by atoms with Gasteiger partial charge in [-0.05, 0) is 44.6 Å². The lowest BCUT2D eigenvalue weighted by molar-refractivity contribution is -0.150. The number of nitrogens with one attached hydrogen (secondary N) is 1. The Morgan fingerprint density at radius 1 is 1.44 bits per heavy atom. The average molecular weight is 274 g/mol. The number of nitrogens with zero attached hydrogens (tertiary/aromatic N) is 1. The fourth-order valence-corrected chi connectivity index (χ4v) is 2.61. The zero-order valence-electron chi connectivity index (χ0n) is 11.1. The lowest BCUT2D eigenvalue weighted by Crippen LogP contribution is -2.60. The van der Waals surface area contributed by atoms with E-state index in [-0.39, 0.29) is 6.03 Å². The molecule has 0 radical (unpaired) electrons. The number of carbonyl (C=O) groups excluding carboxylic acids is 1. The van der Waals surface area contributed by atoms with E-state index in [1.807, 2.05) is 6.26 Å². The lowest BCUT2D eigenvalue weighted by atomic mass is 9.89. The van der Waals surface area contributed by atoms with Crippen molar-refractivity contribution in [2.24, 2.45) is 0 Å². The Labute approximate surface area is 112 Å². The molecule has 1 fully saturated rings. The van der Waals surface area contributed by atoms with Crippen molar-refractivity contribution in [1.29, 1.82) is 0 Å². The van der Waals surface area contributed by atoms with Crippen LogP contribution < -0.4 is 5.32 Å². The molecule has 0 bridgehead atoms. The molecule has 18 heavy (non-hydrogen) atoms. The van der Waals surface area contributed by atoms with Crippen LogP contribution in [0.4, 0.5) is 4.79 Å². The number of rotatable bonds is 5. The maximum Gasteiger partial charge on any atom is 0.329 e. The highest BCUT2D eigenvalue weighted by Crippen LogP contribution is 2.28. The number of carboxylic acids is 1. The van der Waals surface area contributed by atoms with Gasteiger partial charge in [-0.2, -0.15) is 11.8 Å². The van der Waals surface area contributed by atoms with Crippen molar-refractivity contribution < 1.29 is 14.7 Å². The number of likely N-dealkylation sites (tertiary alicyclic amines) is 1. The van der Waals surface area contributed by atoms with Crippen LogP contribution in [-0.4, -0.2) is 52.6 Å². The number of hydrogen-bond acceptors (Lipinski definition) is 3. The summed E-state index contributed by atoms with van der Waals surface area (Å²) < 4.78 is 0. The van der Waals surface area contributed by atoms with E-state index < -0.39 is 11.5 Å². The number of carbonyl (C=O) groups is 2. The third kappa shape index (κ3) is 3.54. The summed E-state index contributed by atoms with van der Waals surface area (Å²) in [6.07, 6.45) is 5.19. The molecule has 1 heterocycles. The summed E-state index contributed by atoms with van der Waals surface area (Å²) in [5, 5.41) is 12.1. The van der Waals surface area contributed by atoms with Gasteiger partial charge in [0, 0.05) is 13.1 Å². The Balaban J connectivity index is 2.55. The standard InChI is InChI=1S/C12H22N2O3S/c1-12(10(15)16)6-3-4-8-14(12)11(17)13-7-5-9-18-2/h3-9H2,1-2H3,(H,13,17)(H,15,16). The van der Waals surface area contributed by atoms with Crippen LogP contribution in [0.3, 0.4) is 0 Å². The summed E-state index contributed by atoms with van der Waals surface area (Å²) in [7, 11) is 0. The fourth-order valence-electron chi connectivity index (χ4n) is 2.18. The van der Waals surface area contributed by atoms with Crippen LogP contribution in [0.25, 0.3) is 0 Å². The van der Waals surface area contributed by atoms with E-state index in [9.17, 15) is 14.7 Å². The van der Waals surface area contributed by atoms with Crippen molar-refractivity contribution in [2.45, 2.75) is 38.1 Å². The van der Waals surface area contributed by atoms with Crippen LogP contribution in [0.1, 0.15) is 32.6 Å². The van der Waals surface area contributed by atoms with Gasteiger partial charge in [-0.25, -0.2) is 9.59 Å². The minimum Gasteiger partial charge on any atom is -0.480 e. The quantitative estimate of drug-likeness (QED) is 0.750. The van der Waals surface area contributed by atoms with Gasteiger partial charge in [0.1, 0.15) is 5.54 Å². The summed E-state index contributed by atoms with van der Waals surface area (Å²) in [4.78, 5) is 24.8. The maximum atomic E-state index is 12.0. The van der Waals surface area contributed by atoms with Crippen molar-refractivity contribution >= 4 is 23.8 Å². The van der Waals surface area contributed by atoms with Crippen LogP contribution in [0, 0.1) is 0 Å². The van der Waals surface area contributed by atoms with Crippen molar-refractivity contribution in [3.05, 3.63) is 0 Å². The van der Waals surface area contributed by atoms with Gasteiger partial charge in [0.05, 0.1) is 0 Å². The number of amides is 2. The molecule has 104 valence electrons. The molecule has 1 atom stereocenters. The highest BCUT2D eigenvalue weighted by atomic mass is 32.2. The van der Waals surface area contributed by atoms with Crippen molar-refractivity contribution in [1.82, 2.24) is 10.2 Å². The van der Waals surface area contributed by atoms with Gasteiger partial charge < -0.3 is 15.3 Å².